The highest BCUT2D eigenvalue weighted by atomic mass is 16.5. The van der Waals surface area contributed by atoms with Gasteiger partial charge in [0.05, 0.1) is 12.8 Å². The van der Waals surface area contributed by atoms with Crippen molar-refractivity contribution >= 4 is 17.4 Å². The van der Waals surface area contributed by atoms with E-state index in [-0.39, 0.29) is 12.5 Å². The molecule has 102 valence electrons. The highest BCUT2D eigenvalue weighted by molar-refractivity contribution is 5.75. The molecule has 0 aliphatic carbocycles. The molecule has 2 aromatic rings. The lowest BCUT2D eigenvalue weighted by Crippen LogP contribution is -2.32. The molecule has 0 aliphatic rings. The molecule has 0 radical (unpaired) electrons. The number of hydrogen-bond acceptors (Lipinski definition) is 5. The SMILES string of the molecule is CCCN(CC(=O)OCC)c1ccn2nccc2n1. The monoisotopic (exact) mass is 262 g/mol. The molecule has 0 spiro atoms. The van der Waals surface area contributed by atoms with E-state index in [9.17, 15) is 4.79 Å². The van der Waals surface area contributed by atoms with Crippen molar-refractivity contribution < 1.29 is 9.53 Å². The van der Waals surface area contributed by atoms with E-state index in [1.807, 2.05) is 23.2 Å². The van der Waals surface area contributed by atoms with Gasteiger partial charge in [-0.15, -0.1) is 0 Å². The summed E-state index contributed by atoms with van der Waals surface area (Å²) in [5.41, 5.74) is 0.766. The Bertz CT molecular complexity index is 552. The van der Waals surface area contributed by atoms with Gasteiger partial charge in [0.2, 0.25) is 0 Å². The number of carbonyl (C=O) groups is 1. The van der Waals surface area contributed by atoms with E-state index in [0.717, 1.165) is 24.4 Å². The lowest BCUT2D eigenvalue weighted by molar-refractivity contribution is -0.141. The molecule has 2 heterocycles. The zero-order valence-electron chi connectivity index (χ0n) is 11.2. The molecule has 0 fully saturated rings. The Morgan fingerprint density at radius 1 is 1.42 bits per heavy atom. The summed E-state index contributed by atoms with van der Waals surface area (Å²) in [6.45, 7) is 5.25. The molecule has 0 saturated heterocycles. The van der Waals surface area contributed by atoms with Gasteiger partial charge in [-0.05, 0) is 19.4 Å². The van der Waals surface area contributed by atoms with Crippen molar-refractivity contribution in [1.82, 2.24) is 14.6 Å². The van der Waals surface area contributed by atoms with E-state index < -0.39 is 0 Å². The molecular weight excluding hydrogens is 244 g/mol. The molecule has 0 saturated carbocycles. The number of ether oxygens (including phenoxy) is 1. The maximum Gasteiger partial charge on any atom is 0.325 e. The van der Waals surface area contributed by atoms with Crippen molar-refractivity contribution in [2.45, 2.75) is 20.3 Å². The lowest BCUT2D eigenvalue weighted by atomic mass is 10.4. The highest BCUT2D eigenvalue weighted by Crippen LogP contribution is 2.12. The minimum absolute atomic E-state index is 0.221. The first kappa shape index (κ1) is 13.3. The van der Waals surface area contributed by atoms with Crippen molar-refractivity contribution in [3.8, 4) is 0 Å². The summed E-state index contributed by atoms with van der Waals surface area (Å²) < 4.78 is 6.68. The number of nitrogens with zero attached hydrogens (tertiary/aromatic N) is 4. The van der Waals surface area contributed by atoms with Crippen LogP contribution in [-0.2, 0) is 9.53 Å². The van der Waals surface area contributed by atoms with Crippen LogP contribution in [0.3, 0.4) is 0 Å². The average Bonchev–Trinajstić information content (AvgIpc) is 2.85. The van der Waals surface area contributed by atoms with Gasteiger partial charge in [-0.1, -0.05) is 6.92 Å². The third-order valence-corrected chi connectivity index (χ3v) is 2.69. The smallest absolute Gasteiger partial charge is 0.325 e. The van der Waals surface area contributed by atoms with Crippen LogP contribution in [0.4, 0.5) is 5.82 Å². The molecule has 0 amide bonds. The van der Waals surface area contributed by atoms with Crippen LogP contribution in [0.15, 0.2) is 24.5 Å². The van der Waals surface area contributed by atoms with Crippen LogP contribution < -0.4 is 4.90 Å². The van der Waals surface area contributed by atoms with Crippen LogP contribution in [0, 0.1) is 0 Å². The second-order valence-electron chi connectivity index (χ2n) is 4.15. The summed E-state index contributed by atoms with van der Waals surface area (Å²) in [6, 6.07) is 3.69. The molecule has 0 unspecified atom stereocenters. The van der Waals surface area contributed by atoms with E-state index in [2.05, 4.69) is 17.0 Å². The lowest BCUT2D eigenvalue weighted by Gasteiger charge is -2.21. The summed E-state index contributed by atoms with van der Waals surface area (Å²) in [7, 11) is 0. The zero-order chi connectivity index (χ0) is 13.7. The summed E-state index contributed by atoms with van der Waals surface area (Å²) >= 11 is 0. The van der Waals surface area contributed by atoms with Crippen molar-refractivity contribution in [3.63, 3.8) is 0 Å². The number of aromatic nitrogens is 3. The first-order chi connectivity index (χ1) is 9.24. The zero-order valence-corrected chi connectivity index (χ0v) is 11.2. The molecular formula is C13H18N4O2. The standard InChI is InChI=1S/C13H18N4O2/c1-3-8-16(10-13(18)19-4-2)11-6-9-17-12(15-11)5-7-14-17/h5-7,9H,3-4,8,10H2,1-2H3. The Hall–Kier alpha value is -2.11. The maximum atomic E-state index is 11.6. The van der Waals surface area contributed by atoms with Gasteiger partial charge >= 0.3 is 5.97 Å². The van der Waals surface area contributed by atoms with Crippen LogP contribution in [0.5, 0.6) is 0 Å². The summed E-state index contributed by atoms with van der Waals surface area (Å²) in [4.78, 5) is 18.0. The van der Waals surface area contributed by atoms with E-state index >= 15 is 0 Å². The molecule has 0 N–H and O–H groups in total. The normalized spacial score (nSPS) is 10.6. The molecule has 0 bridgehead atoms. The second kappa shape index (κ2) is 6.17. The average molecular weight is 262 g/mol. The first-order valence-electron chi connectivity index (χ1n) is 6.45. The van der Waals surface area contributed by atoms with Gasteiger partial charge in [0.25, 0.3) is 0 Å². The van der Waals surface area contributed by atoms with Crippen LogP contribution >= 0.6 is 0 Å². The summed E-state index contributed by atoms with van der Waals surface area (Å²) in [5, 5.41) is 4.10. The third kappa shape index (κ3) is 3.21. The summed E-state index contributed by atoms with van der Waals surface area (Å²) in [6.07, 6.45) is 4.47. The van der Waals surface area contributed by atoms with Crippen LogP contribution in [0.1, 0.15) is 20.3 Å². The van der Waals surface area contributed by atoms with Crippen LogP contribution in [0.25, 0.3) is 5.65 Å². The first-order valence-corrected chi connectivity index (χ1v) is 6.45. The van der Waals surface area contributed by atoms with Crippen LogP contribution in [0.2, 0.25) is 0 Å². The number of esters is 1. The predicted molar refractivity (Wildman–Crippen MR) is 72.1 cm³/mol. The van der Waals surface area contributed by atoms with E-state index in [1.54, 1.807) is 17.6 Å². The van der Waals surface area contributed by atoms with Crippen LogP contribution in [-0.4, -0.2) is 40.3 Å². The fraction of sp³-hybridized carbons (Fsp3) is 0.462. The predicted octanol–water partition coefficient (Wildman–Crippen LogP) is 1.51. The minimum atomic E-state index is -0.230. The van der Waals surface area contributed by atoms with Crippen molar-refractivity contribution in [3.05, 3.63) is 24.5 Å². The highest BCUT2D eigenvalue weighted by Gasteiger charge is 2.13. The maximum absolute atomic E-state index is 11.6. The molecule has 2 aromatic heterocycles. The molecule has 6 heteroatoms. The van der Waals surface area contributed by atoms with Gasteiger partial charge in [-0.25, -0.2) is 9.50 Å². The number of hydrogen-bond donors (Lipinski definition) is 0. The van der Waals surface area contributed by atoms with Gasteiger partial charge < -0.3 is 9.64 Å². The minimum Gasteiger partial charge on any atom is -0.465 e. The van der Waals surface area contributed by atoms with Gasteiger partial charge in [0.1, 0.15) is 12.4 Å². The Labute approximate surface area is 112 Å². The fourth-order valence-corrected chi connectivity index (χ4v) is 1.89. The Balaban J connectivity index is 2.19. The Morgan fingerprint density at radius 3 is 3.00 bits per heavy atom. The van der Waals surface area contributed by atoms with E-state index in [4.69, 9.17) is 4.74 Å². The van der Waals surface area contributed by atoms with Crippen molar-refractivity contribution in [1.29, 1.82) is 0 Å². The third-order valence-electron chi connectivity index (χ3n) is 2.69. The van der Waals surface area contributed by atoms with E-state index in [1.165, 1.54) is 0 Å². The molecule has 0 atom stereocenters. The molecule has 6 nitrogen and oxygen atoms in total. The second-order valence-corrected chi connectivity index (χ2v) is 4.15. The quantitative estimate of drug-likeness (QED) is 0.738. The number of rotatable bonds is 6. The van der Waals surface area contributed by atoms with Gasteiger partial charge in [-0.3, -0.25) is 4.79 Å². The van der Waals surface area contributed by atoms with Gasteiger partial charge in [-0.2, -0.15) is 5.10 Å². The van der Waals surface area contributed by atoms with Gasteiger partial charge in [0.15, 0.2) is 5.65 Å². The fourth-order valence-electron chi connectivity index (χ4n) is 1.89. The Morgan fingerprint density at radius 2 is 2.26 bits per heavy atom. The molecule has 19 heavy (non-hydrogen) atoms. The number of carbonyl (C=O) groups excluding carboxylic acids is 1. The molecule has 2 rings (SSSR count). The van der Waals surface area contributed by atoms with Gasteiger partial charge in [0, 0.05) is 18.8 Å². The number of anilines is 1. The Kier molecular flexibility index (Phi) is 4.33. The molecule has 0 aromatic carbocycles. The van der Waals surface area contributed by atoms with E-state index in [0.29, 0.717) is 6.61 Å². The van der Waals surface area contributed by atoms with Crippen molar-refractivity contribution in [2.75, 3.05) is 24.6 Å². The molecule has 0 aliphatic heterocycles. The summed E-state index contributed by atoms with van der Waals surface area (Å²) in [5.74, 6) is 0.536. The van der Waals surface area contributed by atoms with Crippen molar-refractivity contribution in [2.24, 2.45) is 0 Å². The number of fused-ring (bicyclic) bond motifs is 1. The largest absolute Gasteiger partial charge is 0.465 e. The topological polar surface area (TPSA) is 59.7 Å².